The number of anilines is 1. The number of nitrogens with one attached hydrogen (secondary N) is 2. The molecule has 0 saturated heterocycles. The smallest absolute Gasteiger partial charge is 0.171 e. The standard InChI is InChI=1S/C15H20N2OS/c1-5-15(6-2,7-3)17-14(19)16-12-9-8-10-13(11-12)18-4/h1,8-11H,6-7H2,2-4H3,(H2,16,17,19). The molecule has 0 saturated carbocycles. The van der Waals surface area contributed by atoms with Crippen LogP contribution in [0.15, 0.2) is 24.3 Å². The van der Waals surface area contributed by atoms with Crippen molar-refractivity contribution in [2.24, 2.45) is 0 Å². The third kappa shape index (κ3) is 4.15. The first-order valence-corrected chi connectivity index (χ1v) is 6.71. The summed E-state index contributed by atoms with van der Waals surface area (Å²) in [4.78, 5) is 0. The molecule has 0 fully saturated rings. The van der Waals surface area contributed by atoms with Gasteiger partial charge in [0.25, 0.3) is 0 Å². The molecule has 0 aliphatic rings. The summed E-state index contributed by atoms with van der Waals surface area (Å²) in [6.07, 6.45) is 7.23. The second-order valence-corrected chi connectivity index (χ2v) is 4.65. The van der Waals surface area contributed by atoms with E-state index in [1.54, 1.807) is 7.11 Å². The maximum atomic E-state index is 5.60. The van der Waals surface area contributed by atoms with Crippen LogP contribution in [-0.4, -0.2) is 17.8 Å². The van der Waals surface area contributed by atoms with Crippen LogP contribution in [0.4, 0.5) is 5.69 Å². The van der Waals surface area contributed by atoms with Crippen molar-refractivity contribution in [1.82, 2.24) is 5.32 Å². The molecular formula is C15H20N2OS. The van der Waals surface area contributed by atoms with Crippen LogP contribution in [-0.2, 0) is 0 Å². The minimum atomic E-state index is -0.386. The molecule has 0 aromatic heterocycles. The number of methoxy groups -OCH3 is 1. The molecule has 0 amide bonds. The van der Waals surface area contributed by atoms with E-state index in [0.717, 1.165) is 24.3 Å². The maximum Gasteiger partial charge on any atom is 0.171 e. The first kappa shape index (κ1) is 15.3. The Bertz CT molecular complexity index is 475. The fraction of sp³-hybridized carbons (Fsp3) is 0.400. The lowest BCUT2D eigenvalue weighted by Gasteiger charge is -2.28. The molecule has 0 unspecified atom stereocenters. The highest BCUT2D eigenvalue weighted by atomic mass is 32.1. The van der Waals surface area contributed by atoms with Gasteiger partial charge in [0, 0.05) is 11.8 Å². The predicted molar refractivity (Wildman–Crippen MR) is 84.5 cm³/mol. The molecule has 0 aliphatic heterocycles. The lowest BCUT2D eigenvalue weighted by atomic mass is 9.94. The largest absolute Gasteiger partial charge is 0.497 e. The van der Waals surface area contributed by atoms with Crippen LogP contribution < -0.4 is 15.4 Å². The molecule has 102 valence electrons. The molecule has 19 heavy (non-hydrogen) atoms. The monoisotopic (exact) mass is 276 g/mol. The Kier molecular flexibility index (Phi) is 5.65. The van der Waals surface area contributed by atoms with Crippen molar-refractivity contribution in [1.29, 1.82) is 0 Å². The van der Waals surface area contributed by atoms with Crippen molar-refractivity contribution in [3.8, 4) is 18.1 Å². The molecule has 4 heteroatoms. The van der Waals surface area contributed by atoms with Crippen LogP contribution in [0, 0.1) is 12.3 Å². The minimum absolute atomic E-state index is 0.386. The average Bonchev–Trinajstić information content (AvgIpc) is 2.45. The van der Waals surface area contributed by atoms with Gasteiger partial charge in [0.2, 0.25) is 0 Å². The van der Waals surface area contributed by atoms with Gasteiger partial charge in [-0.15, -0.1) is 6.42 Å². The van der Waals surface area contributed by atoms with Crippen LogP contribution >= 0.6 is 12.2 Å². The summed E-state index contributed by atoms with van der Waals surface area (Å²) in [6.45, 7) is 4.09. The van der Waals surface area contributed by atoms with Gasteiger partial charge in [-0.05, 0) is 37.2 Å². The molecule has 1 aromatic carbocycles. The van der Waals surface area contributed by atoms with Crippen LogP contribution in [0.1, 0.15) is 26.7 Å². The maximum absolute atomic E-state index is 5.60. The summed E-state index contributed by atoms with van der Waals surface area (Å²) in [5.41, 5.74) is 0.484. The summed E-state index contributed by atoms with van der Waals surface area (Å²) in [6, 6.07) is 7.58. The Morgan fingerprint density at radius 3 is 2.63 bits per heavy atom. The number of thiocarbonyl (C=S) groups is 1. The zero-order valence-corrected chi connectivity index (χ0v) is 12.4. The van der Waals surface area contributed by atoms with Gasteiger partial charge in [-0.1, -0.05) is 25.8 Å². The summed E-state index contributed by atoms with van der Waals surface area (Å²) in [5.74, 6) is 3.57. The summed E-state index contributed by atoms with van der Waals surface area (Å²) in [5, 5.41) is 6.85. The Morgan fingerprint density at radius 1 is 1.42 bits per heavy atom. The topological polar surface area (TPSA) is 33.3 Å². The first-order valence-electron chi connectivity index (χ1n) is 6.30. The SMILES string of the molecule is C#CC(CC)(CC)NC(=S)Nc1cccc(OC)c1. The van der Waals surface area contributed by atoms with Gasteiger partial charge in [0.05, 0.1) is 12.6 Å². The number of benzene rings is 1. The lowest BCUT2D eigenvalue weighted by Crippen LogP contribution is -2.48. The predicted octanol–water partition coefficient (Wildman–Crippen LogP) is 3.17. The van der Waals surface area contributed by atoms with E-state index in [9.17, 15) is 0 Å². The van der Waals surface area contributed by atoms with E-state index < -0.39 is 0 Å². The van der Waals surface area contributed by atoms with Crippen LogP contribution in [0.25, 0.3) is 0 Å². The second kappa shape index (κ2) is 7.01. The van der Waals surface area contributed by atoms with E-state index in [1.165, 1.54) is 0 Å². The minimum Gasteiger partial charge on any atom is -0.497 e. The van der Waals surface area contributed by atoms with E-state index >= 15 is 0 Å². The normalized spacial score (nSPS) is 10.4. The van der Waals surface area contributed by atoms with E-state index in [1.807, 2.05) is 38.1 Å². The zero-order valence-electron chi connectivity index (χ0n) is 11.6. The van der Waals surface area contributed by atoms with Crippen molar-refractivity contribution in [3.05, 3.63) is 24.3 Å². The molecule has 3 nitrogen and oxygen atoms in total. The first-order chi connectivity index (χ1) is 9.09. The van der Waals surface area contributed by atoms with Gasteiger partial charge in [-0.25, -0.2) is 0 Å². The Balaban J connectivity index is 2.72. The van der Waals surface area contributed by atoms with Crippen LogP contribution in [0.2, 0.25) is 0 Å². The van der Waals surface area contributed by atoms with E-state index in [-0.39, 0.29) is 5.54 Å². The second-order valence-electron chi connectivity index (χ2n) is 4.24. The number of hydrogen-bond acceptors (Lipinski definition) is 2. The zero-order chi connectivity index (χ0) is 14.3. The third-order valence-corrected chi connectivity index (χ3v) is 3.37. The van der Waals surface area contributed by atoms with Gasteiger partial charge in [-0.2, -0.15) is 0 Å². The van der Waals surface area contributed by atoms with Gasteiger partial charge in [-0.3, -0.25) is 0 Å². The molecule has 0 radical (unpaired) electrons. The van der Waals surface area contributed by atoms with Gasteiger partial charge in [0.15, 0.2) is 5.11 Å². The van der Waals surface area contributed by atoms with Crippen LogP contribution in [0.5, 0.6) is 5.75 Å². The van der Waals surface area contributed by atoms with Crippen molar-refractivity contribution in [2.75, 3.05) is 12.4 Å². The molecule has 0 atom stereocenters. The van der Waals surface area contributed by atoms with Crippen molar-refractivity contribution in [2.45, 2.75) is 32.2 Å². The van der Waals surface area contributed by atoms with Crippen LogP contribution in [0.3, 0.4) is 0 Å². The molecule has 0 spiro atoms. The molecule has 0 heterocycles. The fourth-order valence-corrected chi connectivity index (χ4v) is 2.06. The summed E-state index contributed by atoms with van der Waals surface area (Å²) in [7, 11) is 1.63. The number of terminal acetylenes is 1. The van der Waals surface area contributed by atoms with Crippen molar-refractivity contribution >= 4 is 23.0 Å². The summed E-state index contributed by atoms with van der Waals surface area (Å²) < 4.78 is 5.16. The molecule has 2 N–H and O–H groups in total. The number of hydrogen-bond donors (Lipinski definition) is 2. The van der Waals surface area contributed by atoms with Crippen molar-refractivity contribution < 1.29 is 4.74 Å². The van der Waals surface area contributed by atoms with E-state index in [4.69, 9.17) is 23.4 Å². The van der Waals surface area contributed by atoms with Gasteiger partial charge >= 0.3 is 0 Å². The average molecular weight is 276 g/mol. The molecular weight excluding hydrogens is 256 g/mol. The highest BCUT2D eigenvalue weighted by Gasteiger charge is 2.23. The van der Waals surface area contributed by atoms with Gasteiger partial charge < -0.3 is 15.4 Å². The Morgan fingerprint density at radius 2 is 2.11 bits per heavy atom. The number of rotatable bonds is 5. The Labute approximate surface area is 120 Å². The summed E-state index contributed by atoms with van der Waals surface area (Å²) >= 11 is 5.30. The lowest BCUT2D eigenvalue weighted by molar-refractivity contribution is 0.415. The highest BCUT2D eigenvalue weighted by molar-refractivity contribution is 7.80. The Hall–Kier alpha value is -1.73. The molecule has 1 rings (SSSR count). The van der Waals surface area contributed by atoms with E-state index in [2.05, 4.69) is 16.6 Å². The molecule has 0 bridgehead atoms. The highest BCUT2D eigenvalue weighted by Crippen LogP contribution is 2.18. The fourth-order valence-electron chi connectivity index (χ4n) is 1.75. The quantitative estimate of drug-likeness (QED) is 0.639. The van der Waals surface area contributed by atoms with Gasteiger partial charge in [0.1, 0.15) is 5.75 Å². The molecule has 1 aromatic rings. The molecule has 0 aliphatic carbocycles. The van der Waals surface area contributed by atoms with E-state index in [0.29, 0.717) is 5.11 Å². The third-order valence-electron chi connectivity index (χ3n) is 3.16. The number of ether oxygens (including phenoxy) is 1. The van der Waals surface area contributed by atoms with Crippen molar-refractivity contribution in [3.63, 3.8) is 0 Å².